The minimum Gasteiger partial charge on any atom is -0.462 e. The van der Waals surface area contributed by atoms with Gasteiger partial charge in [-0.2, -0.15) is 5.11 Å². The molecule has 0 radical (unpaired) electrons. The van der Waals surface area contributed by atoms with Gasteiger partial charge in [0.25, 0.3) is 5.69 Å². The number of hydrogen-bond donors (Lipinski definition) is 0. The van der Waals surface area contributed by atoms with Crippen LogP contribution in [0.3, 0.4) is 0 Å². The van der Waals surface area contributed by atoms with Gasteiger partial charge in [0.05, 0.1) is 35.0 Å². The molecule has 2 aromatic rings. The number of hydrogen-bond acceptors (Lipinski definition) is 8. The van der Waals surface area contributed by atoms with Crippen LogP contribution in [0, 0.1) is 10.1 Å². The first kappa shape index (κ1) is 19.7. The Kier molecular flexibility index (Phi) is 6.70. The highest BCUT2D eigenvalue weighted by molar-refractivity contribution is 5.91. The van der Waals surface area contributed by atoms with Gasteiger partial charge >= 0.3 is 11.9 Å². The summed E-state index contributed by atoms with van der Waals surface area (Å²) in [5, 5.41) is 19.0. The molecule has 140 valence electrons. The number of azo groups is 1. The van der Waals surface area contributed by atoms with Gasteiger partial charge in [-0.15, -0.1) is 5.11 Å². The molecule has 0 atom stereocenters. The van der Waals surface area contributed by atoms with Crippen molar-refractivity contribution in [3.05, 3.63) is 63.7 Å². The first-order valence-electron chi connectivity index (χ1n) is 8.10. The fraction of sp³-hybridized carbons (Fsp3) is 0.222. The van der Waals surface area contributed by atoms with Crippen molar-refractivity contribution in [2.45, 2.75) is 13.8 Å². The van der Waals surface area contributed by atoms with Gasteiger partial charge in [0, 0.05) is 6.07 Å². The summed E-state index contributed by atoms with van der Waals surface area (Å²) in [5.41, 5.74) is 0.434. The summed E-state index contributed by atoms with van der Waals surface area (Å²) in [6.07, 6.45) is 0. The molecule has 0 aliphatic carbocycles. The third-order valence-electron chi connectivity index (χ3n) is 3.33. The van der Waals surface area contributed by atoms with E-state index in [0.717, 1.165) is 6.07 Å². The summed E-state index contributed by atoms with van der Waals surface area (Å²) in [7, 11) is 0. The van der Waals surface area contributed by atoms with E-state index in [1.165, 1.54) is 36.4 Å². The Bertz CT molecular complexity index is 877. The number of esters is 2. The lowest BCUT2D eigenvalue weighted by Crippen LogP contribution is -2.05. The second-order valence-electron chi connectivity index (χ2n) is 5.15. The zero-order valence-corrected chi connectivity index (χ0v) is 14.7. The standard InChI is InChI=1S/C18H17N3O6/c1-3-26-17(22)12-5-8-14(9-6-12)19-20-15-10-7-13(18(23)27-4-2)11-16(15)21(24)25/h5-11H,3-4H2,1-2H3. The summed E-state index contributed by atoms with van der Waals surface area (Å²) < 4.78 is 9.71. The number of nitro groups is 1. The summed E-state index contributed by atoms with van der Waals surface area (Å²) in [6, 6.07) is 9.90. The molecule has 0 heterocycles. The van der Waals surface area contributed by atoms with E-state index in [-0.39, 0.29) is 30.2 Å². The van der Waals surface area contributed by atoms with E-state index in [4.69, 9.17) is 9.47 Å². The molecule has 0 saturated carbocycles. The smallest absolute Gasteiger partial charge is 0.338 e. The molecule has 0 bridgehead atoms. The van der Waals surface area contributed by atoms with E-state index < -0.39 is 16.9 Å². The van der Waals surface area contributed by atoms with E-state index in [9.17, 15) is 19.7 Å². The van der Waals surface area contributed by atoms with Crippen LogP contribution in [-0.4, -0.2) is 30.1 Å². The Hall–Kier alpha value is -3.62. The van der Waals surface area contributed by atoms with Crippen molar-refractivity contribution in [2.75, 3.05) is 13.2 Å². The lowest BCUT2D eigenvalue weighted by Gasteiger charge is -2.03. The first-order chi connectivity index (χ1) is 13.0. The molecule has 9 heteroatoms. The Morgan fingerprint density at radius 2 is 1.48 bits per heavy atom. The average Bonchev–Trinajstić information content (AvgIpc) is 2.67. The number of carbonyl (C=O) groups is 2. The van der Waals surface area contributed by atoms with Crippen molar-refractivity contribution in [1.29, 1.82) is 0 Å². The van der Waals surface area contributed by atoms with Gasteiger partial charge in [-0.25, -0.2) is 9.59 Å². The molecule has 0 aliphatic rings. The molecule has 27 heavy (non-hydrogen) atoms. The predicted molar refractivity (Wildman–Crippen MR) is 95.6 cm³/mol. The highest BCUT2D eigenvalue weighted by Gasteiger charge is 2.18. The van der Waals surface area contributed by atoms with Crippen molar-refractivity contribution in [3.63, 3.8) is 0 Å². The van der Waals surface area contributed by atoms with Crippen LogP contribution in [0.1, 0.15) is 34.6 Å². The van der Waals surface area contributed by atoms with Gasteiger partial charge < -0.3 is 9.47 Å². The van der Waals surface area contributed by atoms with Crippen molar-refractivity contribution < 1.29 is 24.0 Å². The Balaban J connectivity index is 2.24. The third kappa shape index (κ3) is 5.18. The van der Waals surface area contributed by atoms with E-state index in [0.29, 0.717) is 11.3 Å². The Labute approximate surface area is 154 Å². The second kappa shape index (κ2) is 9.18. The molecule has 2 rings (SSSR count). The fourth-order valence-electron chi connectivity index (χ4n) is 2.09. The van der Waals surface area contributed by atoms with Crippen LogP contribution in [0.4, 0.5) is 17.1 Å². The van der Waals surface area contributed by atoms with Gasteiger partial charge in [0.1, 0.15) is 0 Å². The molecule has 0 saturated heterocycles. The Morgan fingerprint density at radius 3 is 2.04 bits per heavy atom. The minimum atomic E-state index is -0.654. The van der Waals surface area contributed by atoms with E-state index in [2.05, 4.69) is 10.2 Å². The summed E-state index contributed by atoms with van der Waals surface area (Å²) >= 11 is 0. The minimum absolute atomic E-state index is 0.0116. The van der Waals surface area contributed by atoms with Gasteiger partial charge in [-0.1, -0.05) is 0 Å². The zero-order chi connectivity index (χ0) is 19.8. The molecular formula is C18H17N3O6. The topological polar surface area (TPSA) is 120 Å². The second-order valence-corrected chi connectivity index (χ2v) is 5.15. The highest BCUT2D eigenvalue weighted by Crippen LogP contribution is 2.30. The molecule has 0 aromatic heterocycles. The molecule has 0 unspecified atom stereocenters. The molecule has 0 spiro atoms. The van der Waals surface area contributed by atoms with E-state index in [1.807, 2.05) is 0 Å². The van der Waals surface area contributed by atoms with Crippen LogP contribution in [-0.2, 0) is 9.47 Å². The van der Waals surface area contributed by atoms with Crippen LogP contribution >= 0.6 is 0 Å². The monoisotopic (exact) mass is 371 g/mol. The van der Waals surface area contributed by atoms with Crippen molar-refractivity contribution >= 4 is 29.0 Å². The summed E-state index contributed by atoms with van der Waals surface area (Å²) in [5.74, 6) is -1.11. The molecule has 9 nitrogen and oxygen atoms in total. The lowest BCUT2D eigenvalue weighted by atomic mass is 10.2. The molecular weight excluding hydrogens is 354 g/mol. The molecule has 0 N–H and O–H groups in total. The van der Waals surface area contributed by atoms with Crippen LogP contribution in [0.2, 0.25) is 0 Å². The highest BCUT2D eigenvalue weighted by atomic mass is 16.6. The number of rotatable bonds is 7. The lowest BCUT2D eigenvalue weighted by molar-refractivity contribution is -0.384. The number of benzene rings is 2. The van der Waals surface area contributed by atoms with Crippen molar-refractivity contribution in [1.82, 2.24) is 0 Å². The van der Waals surface area contributed by atoms with Gasteiger partial charge in [0.15, 0.2) is 5.69 Å². The quantitative estimate of drug-likeness (QED) is 0.308. The van der Waals surface area contributed by atoms with Crippen LogP contribution in [0.15, 0.2) is 52.7 Å². The molecule has 0 fully saturated rings. The average molecular weight is 371 g/mol. The normalized spacial score (nSPS) is 10.6. The maximum atomic E-state index is 11.7. The van der Waals surface area contributed by atoms with Crippen LogP contribution in [0.5, 0.6) is 0 Å². The van der Waals surface area contributed by atoms with Gasteiger partial charge in [0.2, 0.25) is 0 Å². The van der Waals surface area contributed by atoms with Crippen molar-refractivity contribution in [2.24, 2.45) is 10.2 Å². The van der Waals surface area contributed by atoms with Crippen molar-refractivity contribution in [3.8, 4) is 0 Å². The van der Waals surface area contributed by atoms with Gasteiger partial charge in [-0.05, 0) is 50.2 Å². The van der Waals surface area contributed by atoms with Crippen LogP contribution in [0.25, 0.3) is 0 Å². The summed E-state index contributed by atoms with van der Waals surface area (Å²) in [4.78, 5) is 33.9. The number of nitrogens with zero attached hydrogens (tertiary/aromatic N) is 3. The van der Waals surface area contributed by atoms with Gasteiger partial charge in [-0.3, -0.25) is 10.1 Å². The zero-order valence-electron chi connectivity index (χ0n) is 14.7. The maximum Gasteiger partial charge on any atom is 0.338 e. The predicted octanol–water partition coefficient (Wildman–Crippen LogP) is 4.36. The third-order valence-corrected chi connectivity index (χ3v) is 3.33. The number of carbonyl (C=O) groups excluding carboxylic acids is 2. The fourth-order valence-corrected chi connectivity index (χ4v) is 2.09. The summed E-state index contributed by atoms with van der Waals surface area (Å²) in [6.45, 7) is 3.78. The largest absolute Gasteiger partial charge is 0.462 e. The van der Waals surface area contributed by atoms with E-state index in [1.54, 1.807) is 13.8 Å². The maximum absolute atomic E-state index is 11.7. The van der Waals surface area contributed by atoms with E-state index >= 15 is 0 Å². The molecule has 0 amide bonds. The molecule has 2 aromatic carbocycles. The van der Waals surface area contributed by atoms with Crippen LogP contribution < -0.4 is 0 Å². The molecule has 0 aliphatic heterocycles. The SMILES string of the molecule is CCOC(=O)c1ccc(N=Nc2ccc(C(=O)OCC)cc2[N+](=O)[O-])cc1. The Morgan fingerprint density at radius 1 is 0.926 bits per heavy atom. The first-order valence-corrected chi connectivity index (χ1v) is 8.10. The number of nitro benzene ring substituents is 1. The number of ether oxygens (including phenoxy) is 2.